The molecule has 1 saturated carbocycles. The van der Waals surface area contributed by atoms with E-state index in [1.54, 1.807) is 6.92 Å². The Morgan fingerprint density at radius 3 is 2.26 bits per heavy atom. The number of carbonyl (C=O) groups excluding carboxylic acids is 2. The number of nitrogens with zero attached hydrogens (tertiary/aromatic N) is 2. The van der Waals surface area contributed by atoms with Crippen LogP contribution in [0.1, 0.15) is 38.2 Å². The zero-order valence-electron chi connectivity index (χ0n) is 19.2. The molecule has 0 saturated heterocycles. The van der Waals surface area contributed by atoms with E-state index in [0.717, 1.165) is 30.0 Å². The molecule has 1 atom stereocenters. The molecule has 0 heterocycles. The molecular formula is C24H29ClFN3O4S. The lowest BCUT2D eigenvalue weighted by atomic mass is 10.1. The predicted octanol–water partition coefficient (Wildman–Crippen LogP) is 3.58. The van der Waals surface area contributed by atoms with Gasteiger partial charge in [-0.15, -0.1) is 0 Å². The van der Waals surface area contributed by atoms with E-state index < -0.39 is 34.3 Å². The molecule has 7 nitrogen and oxygen atoms in total. The smallest absolute Gasteiger partial charge is 0.243 e. The summed E-state index contributed by atoms with van der Waals surface area (Å²) in [7, 11) is -2.64. The lowest BCUT2D eigenvalue weighted by Crippen LogP contribution is -2.52. The largest absolute Gasteiger partial charge is 0.352 e. The van der Waals surface area contributed by atoms with Gasteiger partial charge in [-0.3, -0.25) is 9.59 Å². The van der Waals surface area contributed by atoms with Crippen LogP contribution in [0.15, 0.2) is 53.4 Å². The Hall–Kier alpha value is -2.49. The minimum Gasteiger partial charge on any atom is -0.352 e. The average molecular weight is 510 g/mol. The van der Waals surface area contributed by atoms with Crippen LogP contribution >= 0.6 is 11.6 Å². The van der Waals surface area contributed by atoms with E-state index in [1.165, 1.54) is 60.5 Å². The first-order valence-corrected chi connectivity index (χ1v) is 13.0. The molecule has 0 bridgehead atoms. The SMILES string of the molecule is C[C@@H](C(=O)NC1CCCC1)N(Cc1ccc(F)cc1)C(=O)CN(C)S(=O)(=O)c1ccc(Cl)cc1. The molecule has 3 rings (SSSR count). The summed E-state index contributed by atoms with van der Waals surface area (Å²) in [5.41, 5.74) is 0.624. The number of halogens is 2. The molecule has 0 aliphatic heterocycles. The fourth-order valence-corrected chi connectivity index (χ4v) is 5.16. The van der Waals surface area contributed by atoms with Crippen molar-refractivity contribution in [3.8, 4) is 0 Å². The minimum atomic E-state index is -3.95. The van der Waals surface area contributed by atoms with E-state index in [2.05, 4.69) is 5.32 Å². The van der Waals surface area contributed by atoms with Crippen LogP contribution in [0.5, 0.6) is 0 Å². The highest BCUT2D eigenvalue weighted by Crippen LogP contribution is 2.20. The molecule has 0 radical (unpaired) electrons. The Morgan fingerprint density at radius 1 is 1.09 bits per heavy atom. The maximum absolute atomic E-state index is 13.4. The Morgan fingerprint density at radius 2 is 1.68 bits per heavy atom. The van der Waals surface area contributed by atoms with E-state index in [4.69, 9.17) is 11.6 Å². The number of hydrogen-bond donors (Lipinski definition) is 1. The summed E-state index contributed by atoms with van der Waals surface area (Å²) >= 11 is 5.85. The van der Waals surface area contributed by atoms with Crippen LogP contribution in [-0.2, 0) is 26.2 Å². The third kappa shape index (κ3) is 6.55. The third-order valence-corrected chi connectivity index (χ3v) is 8.08. The van der Waals surface area contributed by atoms with Crippen LogP contribution < -0.4 is 5.32 Å². The normalized spacial score (nSPS) is 15.3. The maximum Gasteiger partial charge on any atom is 0.243 e. The Kier molecular flexibility index (Phi) is 8.67. The van der Waals surface area contributed by atoms with Gasteiger partial charge in [-0.1, -0.05) is 36.6 Å². The zero-order valence-corrected chi connectivity index (χ0v) is 20.8. The summed E-state index contributed by atoms with van der Waals surface area (Å²) < 4.78 is 40.1. The molecule has 0 unspecified atom stereocenters. The molecule has 184 valence electrons. The highest BCUT2D eigenvalue weighted by atomic mass is 35.5. The number of hydrogen-bond acceptors (Lipinski definition) is 4. The number of rotatable bonds is 9. The first-order chi connectivity index (χ1) is 16.1. The van der Waals surface area contributed by atoms with Gasteiger partial charge >= 0.3 is 0 Å². The molecule has 1 aliphatic carbocycles. The number of carbonyl (C=O) groups is 2. The van der Waals surface area contributed by atoms with Gasteiger partial charge in [0.15, 0.2) is 0 Å². The van der Waals surface area contributed by atoms with Gasteiger partial charge in [-0.25, -0.2) is 12.8 Å². The van der Waals surface area contributed by atoms with Crippen LogP contribution in [-0.4, -0.2) is 55.1 Å². The van der Waals surface area contributed by atoms with Crippen molar-refractivity contribution in [2.75, 3.05) is 13.6 Å². The minimum absolute atomic E-state index is 0.00399. The van der Waals surface area contributed by atoms with E-state index in [0.29, 0.717) is 10.6 Å². The summed E-state index contributed by atoms with van der Waals surface area (Å²) in [6.07, 6.45) is 3.88. The molecule has 2 aromatic rings. The predicted molar refractivity (Wildman–Crippen MR) is 128 cm³/mol. The lowest BCUT2D eigenvalue weighted by molar-refractivity contribution is -0.140. The molecule has 1 N–H and O–H groups in total. The second kappa shape index (κ2) is 11.3. The van der Waals surface area contributed by atoms with E-state index in [-0.39, 0.29) is 23.4 Å². The molecule has 2 amide bonds. The summed E-state index contributed by atoms with van der Waals surface area (Å²) in [5.74, 6) is -1.26. The molecule has 0 spiro atoms. The monoisotopic (exact) mass is 509 g/mol. The van der Waals surface area contributed by atoms with Crippen LogP contribution in [0, 0.1) is 5.82 Å². The number of amides is 2. The molecule has 34 heavy (non-hydrogen) atoms. The van der Waals surface area contributed by atoms with Crippen molar-refractivity contribution < 1.29 is 22.4 Å². The van der Waals surface area contributed by atoms with Crippen LogP contribution in [0.2, 0.25) is 5.02 Å². The highest BCUT2D eigenvalue weighted by molar-refractivity contribution is 7.89. The van der Waals surface area contributed by atoms with Gasteiger partial charge in [0.25, 0.3) is 0 Å². The first-order valence-electron chi connectivity index (χ1n) is 11.1. The zero-order chi connectivity index (χ0) is 24.9. The van der Waals surface area contributed by atoms with E-state index in [1.807, 2.05) is 0 Å². The van der Waals surface area contributed by atoms with Crippen LogP contribution in [0.4, 0.5) is 4.39 Å². The van der Waals surface area contributed by atoms with Gasteiger partial charge in [0.2, 0.25) is 21.8 Å². The summed E-state index contributed by atoms with van der Waals surface area (Å²) in [6.45, 7) is 1.18. The van der Waals surface area contributed by atoms with Gasteiger partial charge in [-0.05, 0) is 61.7 Å². The molecule has 2 aromatic carbocycles. The molecule has 1 aliphatic rings. The first kappa shape index (κ1) is 26.1. The Labute approximate surface area is 204 Å². The Bertz CT molecular complexity index is 1100. The van der Waals surface area contributed by atoms with Gasteiger partial charge in [-0.2, -0.15) is 4.31 Å². The van der Waals surface area contributed by atoms with Gasteiger partial charge in [0, 0.05) is 24.7 Å². The fourth-order valence-electron chi connectivity index (χ4n) is 3.91. The third-order valence-electron chi connectivity index (χ3n) is 6.01. The molecule has 1 fully saturated rings. The van der Waals surface area contributed by atoms with Crippen molar-refractivity contribution >= 4 is 33.4 Å². The van der Waals surface area contributed by atoms with Crippen LogP contribution in [0.3, 0.4) is 0 Å². The summed E-state index contributed by atoms with van der Waals surface area (Å²) in [4.78, 5) is 27.5. The Balaban J connectivity index is 1.78. The standard InChI is InChI=1S/C24H29ClFN3O4S/c1-17(24(31)27-21-5-3-4-6-21)29(15-18-7-11-20(26)12-8-18)23(30)16-28(2)34(32,33)22-13-9-19(25)10-14-22/h7-14,17,21H,3-6,15-16H2,1-2H3,(H,27,31)/t17-/m0/s1. The van der Waals surface area contributed by atoms with Crippen LogP contribution in [0.25, 0.3) is 0 Å². The lowest BCUT2D eigenvalue weighted by Gasteiger charge is -2.31. The van der Waals surface area contributed by atoms with Crippen molar-refractivity contribution in [2.24, 2.45) is 0 Å². The van der Waals surface area contributed by atoms with Gasteiger partial charge in [0.1, 0.15) is 11.9 Å². The highest BCUT2D eigenvalue weighted by Gasteiger charge is 2.31. The van der Waals surface area contributed by atoms with Gasteiger partial charge in [0.05, 0.1) is 11.4 Å². The quantitative estimate of drug-likeness (QED) is 0.560. The second-order valence-electron chi connectivity index (χ2n) is 8.53. The average Bonchev–Trinajstić information content (AvgIpc) is 3.31. The number of benzene rings is 2. The number of nitrogens with one attached hydrogen (secondary N) is 1. The summed E-state index contributed by atoms with van der Waals surface area (Å²) in [5, 5.41) is 3.38. The van der Waals surface area contributed by atoms with E-state index >= 15 is 0 Å². The van der Waals surface area contributed by atoms with E-state index in [9.17, 15) is 22.4 Å². The van der Waals surface area contributed by atoms with Crippen molar-refractivity contribution in [2.45, 2.75) is 56.1 Å². The van der Waals surface area contributed by atoms with Crippen molar-refractivity contribution in [1.29, 1.82) is 0 Å². The fraction of sp³-hybridized carbons (Fsp3) is 0.417. The van der Waals surface area contributed by atoms with Crippen molar-refractivity contribution in [3.63, 3.8) is 0 Å². The second-order valence-corrected chi connectivity index (χ2v) is 11.0. The maximum atomic E-state index is 13.4. The molecule has 10 heteroatoms. The number of likely N-dealkylation sites (N-methyl/N-ethyl adjacent to an activating group) is 1. The van der Waals surface area contributed by atoms with Crippen molar-refractivity contribution in [1.82, 2.24) is 14.5 Å². The summed E-state index contributed by atoms with van der Waals surface area (Å²) in [6, 6.07) is 10.5. The van der Waals surface area contributed by atoms with Crippen molar-refractivity contribution in [3.05, 3.63) is 64.9 Å². The molecule has 0 aromatic heterocycles. The number of sulfonamides is 1. The topological polar surface area (TPSA) is 86.8 Å². The molecular weight excluding hydrogens is 481 g/mol. The van der Waals surface area contributed by atoms with Gasteiger partial charge < -0.3 is 10.2 Å².